The summed E-state index contributed by atoms with van der Waals surface area (Å²) in [4.78, 5) is 33.7. The highest BCUT2D eigenvalue weighted by Gasteiger charge is 2.44. The summed E-state index contributed by atoms with van der Waals surface area (Å²) in [5, 5.41) is 0. The summed E-state index contributed by atoms with van der Waals surface area (Å²) in [6.45, 7) is 0.677. The van der Waals surface area contributed by atoms with Crippen LogP contribution in [0.25, 0.3) is 0 Å². The lowest BCUT2D eigenvalue weighted by Gasteiger charge is -2.47. The van der Waals surface area contributed by atoms with Crippen molar-refractivity contribution in [1.29, 1.82) is 0 Å². The molecule has 2 aliphatic rings. The molecule has 10 heteroatoms. The van der Waals surface area contributed by atoms with Crippen LogP contribution in [-0.2, 0) is 22.3 Å². The number of fused-ring (bicyclic) bond motifs is 2. The number of carbonyl (C=O) groups is 2. The van der Waals surface area contributed by atoms with Gasteiger partial charge in [-0.25, -0.2) is 14.8 Å². The highest BCUT2D eigenvalue weighted by Crippen LogP contribution is 2.34. The lowest BCUT2D eigenvalue weighted by Crippen LogP contribution is -2.59. The number of benzene rings is 1. The minimum Gasteiger partial charge on any atom is -0.445 e. The van der Waals surface area contributed by atoms with Crippen LogP contribution in [0.5, 0.6) is 0 Å². The smallest absolute Gasteiger partial charge is 0.445 e. The molecule has 0 aliphatic carbocycles. The van der Waals surface area contributed by atoms with Gasteiger partial charge in [-0.05, 0) is 18.4 Å². The quantitative estimate of drug-likeness (QED) is 0.684. The van der Waals surface area contributed by atoms with Gasteiger partial charge in [0.25, 0.3) is 0 Å². The second kappa shape index (κ2) is 8.62. The molecule has 3 heterocycles. The fraction of sp³-hybridized carbons (Fsp3) is 0.429. The van der Waals surface area contributed by atoms with Gasteiger partial charge in [-0.15, -0.1) is 0 Å². The number of Topliss-reactive ketones (excluding diaryl/α,β-unsaturated/α-hetero) is 1. The first-order valence-electron chi connectivity index (χ1n) is 9.83. The normalized spacial score (nSPS) is 23.3. The average molecular weight is 435 g/mol. The van der Waals surface area contributed by atoms with Crippen molar-refractivity contribution in [2.45, 2.75) is 37.7 Å². The highest BCUT2D eigenvalue weighted by atomic mass is 19.4. The Hall–Kier alpha value is -3.01. The number of alkyl halides is 3. The minimum absolute atomic E-state index is 0.0251. The van der Waals surface area contributed by atoms with E-state index in [9.17, 15) is 22.8 Å². The van der Waals surface area contributed by atoms with Crippen LogP contribution in [0, 0.1) is 5.92 Å². The van der Waals surface area contributed by atoms with Gasteiger partial charge in [0.15, 0.2) is 5.78 Å². The summed E-state index contributed by atoms with van der Waals surface area (Å²) >= 11 is 0. The Morgan fingerprint density at radius 1 is 1.06 bits per heavy atom. The van der Waals surface area contributed by atoms with Gasteiger partial charge in [0.05, 0.1) is 30.9 Å². The van der Waals surface area contributed by atoms with Crippen molar-refractivity contribution >= 4 is 11.9 Å². The summed E-state index contributed by atoms with van der Waals surface area (Å²) in [7, 11) is 0. The van der Waals surface area contributed by atoms with E-state index in [-0.39, 0.29) is 43.3 Å². The summed E-state index contributed by atoms with van der Waals surface area (Å²) < 4.78 is 48.9. The molecule has 1 amide bonds. The average Bonchev–Trinajstić information content (AvgIpc) is 2.76. The van der Waals surface area contributed by atoms with Crippen LogP contribution < -0.4 is 0 Å². The summed E-state index contributed by atoms with van der Waals surface area (Å²) in [5.41, 5.74) is 0.890. The molecule has 2 unspecified atom stereocenters. The summed E-state index contributed by atoms with van der Waals surface area (Å²) in [6, 6.07) is 8.60. The summed E-state index contributed by atoms with van der Waals surface area (Å²) in [6.07, 6.45) is -2.66. The number of aromatic nitrogens is 2. The molecule has 0 spiro atoms. The van der Waals surface area contributed by atoms with Gasteiger partial charge >= 0.3 is 12.3 Å². The molecule has 0 radical (unpaired) electrons. The molecule has 2 saturated heterocycles. The predicted octanol–water partition coefficient (Wildman–Crippen LogP) is 3.49. The number of ketones is 1. The van der Waals surface area contributed by atoms with E-state index < -0.39 is 24.0 Å². The third-order valence-corrected chi connectivity index (χ3v) is 5.50. The van der Waals surface area contributed by atoms with Gasteiger partial charge in [-0.3, -0.25) is 9.69 Å². The van der Waals surface area contributed by atoms with Gasteiger partial charge < -0.3 is 9.47 Å². The monoisotopic (exact) mass is 435 g/mol. The van der Waals surface area contributed by atoms with Crippen LogP contribution in [0.4, 0.5) is 18.0 Å². The standard InChI is InChI=1S/C21H20F3N3O4/c22-21(23,24)19-25-8-15(9-26-19)18(28)14-6-16-11-30-12-17(7-14)27(16)20(29)31-10-13-4-2-1-3-5-13/h1-5,8-9,14,16-17H,6-7,10-12H2. The van der Waals surface area contributed by atoms with Crippen molar-refractivity contribution < 1.29 is 32.2 Å². The maximum absolute atomic E-state index is 12.8. The zero-order chi connectivity index (χ0) is 22.0. The highest BCUT2D eigenvalue weighted by molar-refractivity contribution is 5.97. The van der Waals surface area contributed by atoms with E-state index in [1.54, 1.807) is 4.90 Å². The fourth-order valence-electron chi connectivity index (χ4n) is 4.06. The van der Waals surface area contributed by atoms with E-state index in [1.807, 2.05) is 30.3 Å². The maximum Gasteiger partial charge on any atom is 0.451 e. The van der Waals surface area contributed by atoms with Crippen LogP contribution in [0.2, 0.25) is 0 Å². The second-order valence-corrected chi connectivity index (χ2v) is 7.62. The van der Waals surface area contributed by atoms with E-state index >= 15 is 0 Å². The number of hydrogen-bond acceptors (Lipinski definition) is 6. The molecule has 1 aromatic heterocycles. The van der Waals surface area contributed by atoms with Gasteiger partial charge in [-0.1, -0.05) is 30.3 Å². The zero-order valence-corrected chi connectivity index (χ0v) is 16.4. The molecule has 4 rings (SSSR count). The molecule has 2 fully saturated rings. The third-order valence-electron chi connectivity index (χ3n) is 5.50. The molecule has 2 bridgehead atoms. The van der Waals surface area contributed by atoms with E-state index in [4.69, 9.17) is 9.47 Å². The number of nitrogens with zero attached hydrogens (tertiary/aromatic N) is 3. The molecular formula is C21H20F3N3O4. The molecule has 2 aliphatic heterocycles. The van der Waals surface area contributed by atoms with Gasteiger partial charge in [0.1, 0.15) is 6.61 Å². The number of amides is 1. The van der Waals surface area contributed by atoms with Gasteiger partial charge in [0.2, 0.25) is 5.82 Å². The van der Waals surface area contributed by atoms with Crippen molar-refractivity contribution in [1.82, 2.24) is 14.9 Å². The fourth-order valence-corrected chi connectivity index (χ4v) is 4.06. The van der Waals surface area contributed by atoms with Crippen molar-refractivity contribution in [2.24, 2.45) is 5.92 Å². The number of piperidine rings is 1. The van der Waals surface area contributed by atoms with E-state index in [1.165, 1.54) is 0 Å². The SMILES string of the molecule is O=C(c1cnc(C(F)(F)F)nc1)C1CC2COCC(C1)N2C(=O)OCc1ccccc1. The Labute approximate surface area is 176 Å². The van der Waals surface area contributed by atoms with E-state index in [0.29, 0.717) is 12.8 Å². The van der Waals surface area contributed by atoms with Crippen molar-refractivity contribution in [3.63, 3.8) is 0 Å². The molecule has 0 N–H and O–H groups in total. The first-order valence-corrected chi connectivity index (χ1v) is 9.83. The molecule has 164 valence electrons. The van der Waals surface area contributed by atoms with Crippen molar-refractivity contribution in [2.75, 3.05) is 13.2 Å². The Bertz CT molecular complexity index is 923. The molecule has 2 aromatic rings. The van der Waals surface area contributed by atoms with Crippen LogP contribution in [0.15, 0.2) is 42.7 Å². The largest absolute Gasteiger partial charge is 0.451 e. The Balaban J connectivity index is 1.41. The molecule has 1 aromatic carbocycles. The zero-order valence-electron chi connectivity index (χ0n) is 16.4. The number of morpholine rings is 1. The molecule has 31 heavy (non-hydrogen) atoms. The van der Waals surface area contributed by atoms with E-state index in [2.05, 4.69) is 9.97 Å². The maximum atomic E-state index is 12.8. The molecular weight excluding hydrogens is 415 g/mol. The Kier molecular flexibility index (Phi) is 5.90. The predicted molar refractivity (Wildman–Crippen MR) is 101 cm³/mol. The topological polar surface area (TPSA) is 81.6 Å². The lowest BCUT2D eigenvalue weighted by atomic mass is 9.81. The number of hydrogen-bond donors (Lipinski definition) is 0. The molecule has 2 atom stereocenters. The number of halogens is 3. The van der Waals surface area contributed by atoms with Crippen molar-refractivity contribution in [3.8, 4) is 0 Å². The Morgan fingerprint density at radius 3 is 2.26 bits per heavy atom. The second-order valence-electron chi connectivity index (χ2n) is 7.62. The first kappa shape index (κ1) is 21.2. The van der Waals surface area contributed by atoms with Crippen molar-refractivity contribution in [3.05, 3.63) is 59.7 Å². The molecule has 0 saturated carbocycles. The summed E-state index contributed by atoms with van der Waals surface area (Å²) in [5.74, 6) is -2.08. The minimum atomic E-state index is -4.67. The van der Waals surface area contributed by atoms with Crippen LogP contribution in [0.1, 0.15) is 34.6 Å². The van der Waals surface area contributed by atoms with Crippen LogP contribution in [0.3, 0.4) is 0 Å². The third kappa shape index (κ3) is 4.68. The first-order chi connectivity index (χ1) is 14.8. The van der Waals surface area contributed by atoms with Crippen LogP contribution in [-0.4, -0.2) is 52.0 Å². The molecule has 7 nitrogen and oxygen atoms in total. The van der Waals surface area contributed by atoms with Gasteiger partial charge in [-0.2, -0.15) is 13.2 Å². The van der Waals surface area contributed by atoms with E-state index in [0.717, 1.165) is 18.0 Å². The Morgan fingerprint density at radius 2 is 1.68 bits per heavy atom. The number of ether oxygens (including phenoxy) is 2. The van der Waals surface area contributed by atoms with Gasteiger partial charge in [0, 0.05) is 18.3 Å². The number of rotatable bonds is 4. The lowest BCUT2D eigenvalue weighted by molar-refractivity contribution is -0.145. The van der Waals surface area contributed by atoms with Crippen LogP contribution >= 0.6 is 0 Å². The number of carbonyl (C=O) groups excluding carboxylic acids is 2.